The molecule has 0 aliphatic heterocycles. The summed E-state index contributed by atoms with van der Waals surface area (Å²) in [6, 6.07) is 5.90. The van der Waals surface area contributed by atoms with Gasteiger partial charge in [-0.1, -0.05) is 12.1 Å². The second-order valence-electron chi connectivity index (χ2n) is 4.61. The summed E-state index contributed by atoms with van der Waals surface area (Å²) in [4.78, 5) is 24.0. The third-order valence-corrected chi connectivity index (χ3v) is 3.13. The molecule has 1 aliphatic carbocycles. The van der Waals surface area contributed by atoms with Gasteiger partial charge in [0, 0.05) is 13.6 Å². The molecule has 0 aromatic heterocycles. The van der Waals surface area contributed by atoms with Gasteiger partial charge in [-0.25, -0.2) is 4.39 Å². The lowest BCUT2D eigenvalue weighted by molar-refractivity contribution is -0.141. The van der Waals surface area contributed by atoms with Crippen molar-refractivity contribution in [1.82, 2.24) is 4.90 Å². The summed E-state index contributed by atoms with van der Waals surface area (Å²) in [5.41, 5.74) is 0.819. The zero-order chi connectivity index (χ0) is 13.3. The molecule has 0 spiro atoms. The van der Waals surface area contributed by atoms with Crippen LogP contribution in [0.3, 0.4) is 0 Å². The van der Waals surface area contributed by atoms with Crippen LogP contribution in [-0.4, -0.2) is 28.9 Å². The van der Waals surface area contributed by atoms with E-state index in [1.165, 1.54) is 17.0 Å². The molecule has 1 amide bonds. The van der Waals surface area contributed by atoms with Crippen LogP contribution < -0.4 is 0 Å². The van der Waals surface area contributed by atoms with Crippen LogP contribution in [0.4, 0.5) is 4.39 Å². The first-order valence-corrected chi connectivity index (χ1v) is 5.71. The van der Waals surface area contributed by atoms with Gasteiger partial charge in [0.25, 0.3) is 0 Å². The number of carbonyl (C=O) groups is 2. The van der Waals surface area contributed by atoms with Crippen LogP contribution >= 0.6 is 0 Å². The van der Waals surface area contributed by atoms with Crippen LogP contribution in [0.1, 0.15) is 12.0 Å². The first-order valence-electron chi connectivity index (χ1n) is 5.71. The molecule has 2 atom stereocenters. The second kappa shape index (κ2) is 4.76. The van der Waals surface area contributed by atoms with Gasteiger partial charge >= 0.3 is 5.97 Å². The number of nitrogens with zero attached hydrogens (tertiary/aromatic N) is 1. The Morgan fingerprint density at radius 1 is 1.33 bits per heavy atom. The monoisotopic (exact) mass is 251 g/mol. The molecule has 1 N–H and O–H groups in total. The van der Waals surface area contributed by atoms with Gasteiger partial charge in [0.05, 0.1) is 11.8 Å². The average Bonchev–Trinajstić information content (AvgIpc) is 3.11. The summed E-state index contributed by atoms with van der Waals surface area (Å²) in [6.45, 7) is 0.363. The van der Waals surface area contributed by atoms with Crippen molar-refractivity contribution >= 4 is 11.9 Å². The molecule has 0 radical (unpaired) electrons. The van der Waals surface area contributed by atoms with E-state index >= 15 is 0 Å². The van der Waals surface area contributed by atoms with Crippen molar-refractivity contribution in [3.05, 3.63) is 35.6 Å². The van der Waals surface area contributed by atoms with E-state index in [9.17, 15) is 14.0 Å². The van der Waals surface area contributed by atoms with Gasteiger partial charge in [-0.3, -0.25) is 9.59 Å². The predicted octanol–water partition coefficient (Wildman–Crippen LogP) is 1.50. The molecule has 1 fully saturated rings. The maximum absolute atomic E-state index is 12.7. The van der Waals surface area contributed by atoms with E-state index in [1.807, 2.05) is 0 Å². The Morgan fingerprint density at radius 2 is 1.94 bits per heavy atom. The van der Waals surface area contributed by atoms with E-state index in [2.05, 4.69) is 0 Å². The van der Waals surface area contributed by atoms with E-state index in [0.717, 1.165) is 5.56 Å². The summed E-state index contributed by atoms with van der Waals surface area (Å²) in [6.07, 6.45) is 0.419. The second-order valence-corrected chi connectivity index (χ2v) is 4.61. The molecule has 1 aliphatic rings. The van der Waals surface area contributed by atoms with Crippen LogP contribution in [-0.2, 0) is 16.1 Å². The third kappa shape index (κ3) is 2.67. The van der Waals surface area contributed by atoms with E-state index in [4.69, 9.17) is 5.11 Å². The Hall–Kier alpha value is -1.91. The molecule has 1 aromatic rings. The number of hydrogen-bond donors (Lipinski definition) is 1. The molecular weight excluding hydrogens is 237 g/mol. The van der Waals surface area contributed by atoms with Crippen molar-refractivity contribution in [2.45, 2.75) is 13.0 Å². The maximum atomic E-state index is 12.7. The number of rotatable bonds is 4. The van der Waals surface area contributed by atoms with Gasteiger partial charge < -0.3 is 10.0 Å². The van der Waals surface area contributed by atoms with Gasteiger partial charge in [-0.2, -0.15) is 0 Å². The van der Waals surface area contributed by atoms with Crippen molar-refractivity contribution in [3.63, 3.8) is 0 Å². The Kier molecular flexibility index (Phi) is 3.32. The molecule has 0 bridgehead atoms. The molecule has 18 heavy (non-hydrogen) atoms. The lowest BCUT2D eigenvalue weighted by atomic mass is 10.2. The lowest BCUT2D eigenvalue weighted by Gasteiger charge is -2.17. The summed E-state index contributed by atoms with van der Waals surface area (Å²) < 4.78 is 12.7. The molecule has 5 heteroatoms. The molecule has 0 heterocycles. The van der Waals surface area contributed by atoms with Crippen LogP contribution in [0, 0.1) is 17.7 Å². The molecular formula is C13H14FNO3. The topological polar surface area (TPSA) is 57.6 Å². The lowest BCUT2D eigenvalue weighted by Crippen LogP contribution is -2.28. The predicted molar refractivity (Wildman–Crippen MR) is 62.1 cm³/mol. The van der Waals surface area contributed by atoms with Crippen LogP contribution in [0.15, 0.2) is 24.3 Å². The first-order chi connectivity index (χ1) is 8.49. The molecule has 96 valence electrons. The summed E-state index contributed by atoms with van der Waals surface area (Å²) in [7, 11) is 1.63. The zero-order valence-electron chi connectivity index (χ0n) is 9.97. The van der Waals surface area contributed by atoms with E-state index in [0.29, 0.717) is 13.0 Å². The summed E-state index contributed by atoms with van der Waals surface area (Å²) in [5, 5.41) is 8.76. The van der Waals surface area contributed by atoms with Crippen LogP contribution in [0.2, 0.25) is 0 Å². The minimum Gasteiger partial charge on any atom is -0.481 e. The fourth-order valence-corrected chi connectivity index (χ4v) is 1.97. The Bertz CT molecular complexity index is 472. The molecule has 0 saturated heterocycles. The van der Waals surface area contributed by atoms with Crippen LogP contribution in [0.25, 0.3) is 0 Å². The first kappa shape index (κ1) is 12.5. The highest BCUT2D eigenvalue weighted by Gasteiger charge is 2.49. The van der Waals surface area contributed by atoms with Crippen molar-refractivity contribution < 1.29 is 19.1 Å². The fraction of sp³-hybridized carbons (Fsp3) is 0.385. The van der Waals surface area contributed by atoms with Gasteiger partial charge in [-0.05, 0) is 24.1 Å². The largest absolute Gasteiger partial charge is 0.481 e. The molecule has 1 aromatic carbocycles. The molecule has 2 unspecified atom stereocenters. The number of amides is 1. The van der Waals surface area contributed by atoms with Gasteiger partial charge in [-0.15, -0.1) is 0 Å². The Morgan fingerprint density at radius 3 is 2.44 bits per heavy atom. The molecule has 4 nitrogen and oxygen atoms in total. The van der Waals surface area contributed by atoms with Gasteiger partial charge in [0.1, 0.15) is 5.82 Å². The maximum Gasteiger partial charge on any atom is 0.307 e. The Balaban J connectivity index is 1.92. The third-order valence-electron chi connectivity index (χ3n) is 3.13. The van der Waals surface area contributed by atoms with Gasteiger partial charge in [0.2, 0.25) is 5.91 Å². The van der Waals surface area contributed by atoms with Crippen molar-refractivity contribution in [1.29, 1.82) is 0 Å². The number of halogens is 1. The van der Waals surface area contributed by atoms with Crippen molar-refractivity contribution in [2.75, 3.05) is 7.05 Å². The zero-order valence-corrected chi connectivity index (χ0v) is 9.97. The quantitative estimate of drug-likeness (QED) is 0.882. The van der Waals surface area contributed by atoms with E-state index in [1.54, 1.807) is 19.2 Å². The normalized spacial score (nSPS) is 21.4. The van der Waals surface area contributed by atoms with Crippen molar-refractivity contribution in [3.8, 4) is 0 Å². The number of aliphatic carboxylic acids is 1. The smallest absolute Gasteiger partial charge is 0.307 e. The summed E-state index contributed by atoms with van der Waals surface area (Å²) >= 11 is 0. The average molecular weight is 251 g/mol. The minimum atomic E-state index is -0.913. The van der Waals surface area contributed by atoms with Crippen molar-refractivity contribution in [2.24, 2.45) is 11.8 Å². The highest BCUT2D eigenvalue weighted by Crippen LogP contribution is 2.40. The fourth-order valence-electron chi connectivity index (χ4n) is 1.97. The number of hydrogen-bond acceptors (Lipinski definition) is 2. The van der Waals surface area contributed by atoms with Gasteiger partial charge in [0.15, 0.2) is 0 Å². The Labute approximate surface area is 104 Å². The highest BCUT2D eigenvalue weighted by molar-refractivity contribution is 5.89. The minimum absolute atomic E-state index is 0.160. The highest BCUT2D eigenvalue weighted by atomic mass is 19.1. The summed E-state index contributed by atoms with van der Waals surface area (Å²) in [5.74, 6) is -2.32. The molecule has 2 rings (SSSR count). The SMILES string of the molecule is CN(Cc1ccc(F)cc1)C(=O)C1CC1C(=O)O. The van der Waals surface area contributed by atoms with E-state index < -0.39 is 17.8 Å². The number of carboxylic acids is 1. The number of benzene rings is 1. The van der Waals surface area contributed by atoms with E-state index in [-0.39, 0.29) is 11.7 Å². The number of carboxylic acid groups (broad SMARTS) is 1. The molecule has 1 saturated carbocycles. The van der Waals surface area contributed by atoms with Crippen LogP contribution in [0.5, 0.6) is 0 Å². The standard InChI is InChI=1S/C13H14FNO3/c1-15(7-8-2-4-9(14)5-3-8)12(16)10-6-11(10)13(17)18/h2-5,10-11H,6-7H2,1H3,(H,17,18). The number of carbonyl (C=O) groups excluding carboxylic acids is 1.